The van der Waals surface area contributed by atoms with Gasteiger partial charge in [-0.05, 0) is 36.2 Å². The summed E-state index contributed by atoms with van der Waals surface area (Å²) >= 11 is 0. The molecule has 1 fully saturated rings. The molecule has 0 aliphatic carbocycles. The highest BCUT2D eigenvalue weighted by Gasteiger charge is 2.21. The molecule has 1 aliphatic rings. The second-order valence-electron chi connectivity index (χ2n) is 11.2. The van der Waals surface area contributed by atoms with Gasteiger partial charge in [-0.1, -0.05) is 13.8 Å². The minimum Gasteiger partial charge on any atom is -0.492 e. The fourth-order valence-corrected chi connectivity index (χ4v) is 5.32. The number of nitrogens with one attached hydrogen (secondary N) is 1. The predicted octanol–water partition coefficient (Wildman–Crippen LogP) is 2.36. The van der Waals surface area contributed by atoms with Crippen molar-refractivity contribution in [3.05, 3.63) is 54.8 Å². The Hall–Kier alpha value is -4.69. The SMILES string of the molecule is CC(C)[C@H](N)C(=O)NCCOc1ccc(N2CCN(CCn3cnc4c3nc(N)n3nc(-c5ccco5)cc43)CC2)c(F)c1. The molecular weight excluding hydrogens is 567 g/mol. The van der Waals surface area contributed by atoms with E-state index in [4.69, 9.17) is 20.6 Å². The number of nitrogen functional groups attached to an aromatic ring is 1. The van der Waals surface area contributed by atoms with Crippen molar-refractivity contribution in [1.29, 1.82) is 0 Å². The van der Waals surface area contributed by atoms with Crippen LogP contribution in [0.2, 0.25) is 0 Å². The Morgan fingerprint density at radius 2 is 1.98 bits per heavy atom. The number of imidazole rings is 1. The van der Waals surface area contributed by atoms with Crippen molar-refractivity contribution in [3.8, 4) is 17.2 Å². The molecule has 0 spiro atoms. The lowest BCUT2D eigenvalue weighted by atomic mass is 10.1. The number of hydrogen-bond donors (Lipinski definition) is 3. The maximum Gasteiger partial charge on any atom is 0.237 e. The van der Waals surface area contributed by atoms with Crippen LogP contribution in [-0.2, 0) is 11.3 Å². The molecular formula is C30H37FN10O3. The van der Waals surface area contributed by atoms with Gasteiger partial charge in [-0.2, -0.15) is 14.6 Å². The summed E-state index contributed by atoms with van der Waals surface area (Å²) in [6, 6.07) is 9.88. The molecule has 5 N–H and O–H groups in total. The summed E-state index contributed by atoms with van der Waals surface area (Å²) in [4.78, 5) is 25.5. The molecule has 0 unspecified atom stereocenters. The quantitative estimate of drug-likeness (QED) is 0.191. The number of piperazine rings is 1. The summed E-state index contributed by atoms with van der Waals surface area (Å²) in [6.07, 6.45) is 3.38. The summed E-state index contributed by atoms with van der Waals surface area (Å²) in [6.45, 7) is 8.74. The first-order valence-corrected chi connectivity index (χ1v) is 14.8. The van der Waals surface area contributed by atoms with Gasteiger partial charge >= 0.3 is 0 Å². The molecule has 1 saturated heterocycles. The maximum atomic E-state index is 15.0. The number of ether oxygens (including phenoxy) is 1. The Morgan fingerprint density at radius 1 is 1.16 bits per heavy atom. The van der Waals surface area contributed by atoms with E-state index in [0.717, 1.165) is 30.7 Å². The monoisotopic (exact) mass is 604 g/mol. The van der Waals surface area contributed by atoms with Crippen LogP contribution < -0.4 is 26.4 Å². The van der Waals surface area contributed by atoms with Gasteiger partial charge in [0.2, 0.25) is 11.9 Å². The molecule has 44 heavy (non-hydrogen) atoms. The van der Waals surface area contributed by atoms with E-state index in [1.807, 2.05) is 41.5 Å². The second kappa shape index (κ2) is 12.5. The number of nitrogens with two attached hydrogens (primary N) is 2. The number of hydrogen-bond acceptors (Lipinski definition) is 10. The number of amides is 1. The van der Waals surface area contributed by atoms with Crippen LogP contribution in [-0.4, -0.2) is 86.9 Å². The summed E-state index contributed by atoms with van der Waals surface area (Å²) in [5.41, 5.74) is 15.5. The summed E-state index contributed by atoms with van der Waals surface area (Å²) in [5, 5.41) is 7.27. The van der Waals surface area contributed by atoms with Gasteiger partial charge in [0.15, 0.2) is 11.4 Å². The van der Waals surface area contributed by atoms with Crippen molar-refractivity contribution < 1.29 is 18.3 Å². The van der Waals surface area contributed by atoms with Gasteiger partial charge in [-0.3, -0.25) is 9.69 Å². The van der Waals surface area contributed by atoms with Crippen molar-refractivity contribution in [2.24, 2.45) is 11.7 Å². The highest BCUT2D eigenvalue weighted by atomic mass is 19.1. The van der Waals surface area contributed by atoms with Gasteiger partial charge < -0.3 is 35.4 Å². The van der Waals surface area contributed by atoms with E-state index in [0.29, 0.717) is 54.7 Å². The number of furan rings is 1. The molecule has 14 heteroatoms. The van der Waals surface area contributed by atoms with Crippen LogP contribution in [0.5, 0.6) is 5.75 Å². The van der Waals surface area contributed by atoms with Crippen molar-refractivity contribution >= 4 is 34.2 Å². The molecule has 1 amide bonds. The summed E-state index contributed by atoms with van der Waals surface area (Å²) in [7, 11) is 0. The van der Waals surface area contributed by atoms with Crippen LogP contribution in [0.1, 0.15) is 13.8 Å². The highest BCUT2D eigenvalue weighted by molar-refractivity contribution is 5.90. The molecule has 0 saturated carbocycles. The highest BCUT2D eigenvalue weighted by Crippen LogP contribution is 2.27. The minimum absolute atomic E-state index is 0.0474. The van der Waals surface area contributed by atoms with Crippen LogP contribution in [0.3, 0.4) is 0 Å². The Bertz CT molecular complexity index is 1740. The number of rotatable bonds is 11. The zero-order chi connectivity index (χ0) is 30.8. The Labute approximate surface area is 253 Å². The molecule has 1 aliphatic heterocycles. The molecule has 4 aromatic heterocycles. The van der Waals surface area contributed by atoms with E-state index in [1.165, 1.54) is 6.07 Å². The molecule has 232 valence electrons. The zero-order valence-electron chi connectivity index (χ0n) is 24.8. The van der Waals surface area contributed by atoms with Crippen LogP contribution in [0.4, 0.5) is 16.0 Å². The third-order valence-electron chi connectivity index (χ3n) is 7.95. The van der Waals surface area contributed by atoms with E-state index in [1.54, 1.807) is 29.2 Å². The smallest absolute Gasteiger partial charge is 0.237 e. The normalized spacial score (nSPS) is 15.0. The third-order valence-corrected chi connectivity index (χ3v) is 7.95. The minimum atomic E-state index is -0.564. The lowest BCUT2D eigenvalue weighted by molar-refractivity contribution is -0.123. The Balaban J connectivity index is 1.01. The number of halogens is 1. The predicted molar refractivity (Wildman–Crippen MR) is 165 cm³/mol. The molecule has 0 bridgehead atoms. The lowest BCUT2D eigenvalue weighted by Gasteiger charge is -2.36. The van der Waals surface area contributed by atoms with Crippen LogP contribution in [0.25, 0.3) is 28.1 Å². The molecule has 0 radical (unpaired) electrons. The Kier molecular flexibility index (Phi) is 8.35. The summed E-state index contributed by atoms with van der Waals surface area (Å²) < 4.78 is 29.7. The third kappa shape index (κ3) is 6.03. The first-order chi connectivity index (χ1) is 21.3. The van der Waals surface area contributed by atoms with Crippen molar-refractivity contribution in [2.45, 2.75) is 26.4 Å². The number of fused-ring (bicyclic) bond motifs is 3. The van der Waals surface area contributed by atoms with E-state index < -0.39 is 6.04 Å². The molecule has 5 aromatic rings. The first-order valence-electron chi connectivity index (χ1n) is 14.8. The van der Waals surface area contributed by atoms with Gasteiger partial charge in [0, 0.05) is 45.3 Å². The van der Waals surface area contributed by atoms with E-state index in [2.05, 4.69) is 25.3 Å². The van der Waals surface area contributed by atoms with Crippen molar-refractivity contribution in [1.82, 2.24) is 34.4 Å². The van der Waals surface area contributed by atoms with Crippen LogP contribution in [0, 0.1) is 11.7 Å². The topological polar surface area (TPSA) is 158 Å². The van der Waals surface area contributed by atoms with Gasteiger partial charge in [-0.25, -0.2) is 9.37 Å². The molecule has 5 heterocycles. The largest absolute Gasteiger partial charge is 0.492 e. The first kappa shape index (κ1) is 29.4. The number of carbonyl (C=O) groups excluding carboxylic acids is 1. The number of benzene rings is 1. The van der Waals surface area contributed by atoms with Crippen molar-refractivity contribution in [2.75, 3.05) is 56.5 Å². The van der Waals surface area contributed by atoms with Gasteiger partial charge in [0.25, 0.3) is 0 Å². The average Bonchev–Trinajstić information content (AvgIpc) is 3.78. The molecule has 6 rings (SSSR count). The molecule has 1 aromatic carbocycles. The lowest BCUT2D eigenvalue weighted by Crippen LogP contribution is -2.47. The van der Waals surface area contributed by atoms with Gasteiger partial charge in [0.05, 0.1) is 30.9 Å². The van der Waals surface area contributed by atoms with E-state index in [9.17, 15) is 4.79 Å². The maximum absolute atomic E-state index is 15.0. The van der Waals surface area contributed by atoms with E-state index >= 15 is 4.39 Å². The number of carbonyl (C=O) groups is 1. The number of aromatic nitrogens is 5. The fraction of sp³-hybridized carbons (Fsp3) is 0.400. The fourth-order valence-electron chi connectivity index (χ4n) is 5.32. The summed E-state index contributed by atoms with van der Waals surface area (Å²) in [5.74, 6) is 0.828. The van der Waals surface area contributed by atoms with Gasteiger partial charge in [0.1, 0.15) is 34.9 Å². The average molecular weight is 605 g/mol. The standard InChI is InChI=1S/C30H37FN10O3/c1-19(2)26(32)29(42)34-7-15-43-20-5-6-23(21(31)16-20)39-11-8-38(9-12-39)10-13-40-18-35-27-24-17-22(25-4-3-14-44-25)37-41(24)30(33)36-28(27)40/h3-6,14,16-19,26H,7-13,15,32H2,1-2H3,(H2,33,36)(H,34,42)/t26-/m0/s1. The van der Waals surface area contributed by atoms with E-state index in [-0.39, 0.29) is 30.2 Å². The van der Waals surface area contributed by atoms with Crippen LogP contribution >= 0.6 is 0 Å². The van der Waals surface area contributed by atoms with Crippen molar-refractivity contribution in [3.63, 3.8) is 0 Å². The van der Waals surface area contributed by atoms with Crippen LogP contribution in [0.15, 0.2) is 53.4 Å². The number of anilines is 2. The number of nitrogens with zero attached hydrogens (tertiary/aromatic N) is 7. The Morgan fingerprint density at radius 3 is 2.70 bits per heavy atom. The van der Waals surface area contributed by atoms with Gasteiger partial charge in [-0.15, -0.1) is 0 Å². The second-order valence-corrected chi connectivity index (χ2v) is 11.2. The molecule has 13 nitrogen and oxygen atoms in total. The molecule has 1 atom stereocenters. The zero-order valence-corrected chi connectivity index (χ0v) is 24.8.